The molecule has 8 heteroatoms. The minimum atomic E-state index is -0.298. The molecule has 0 radical (unpaired) electrons. The molecule has 1 amide bonds. The molecule has 0 spiro atoms. The predicted molar refractivity (Wildman–Crippen MR) is 68.4 cm³/mol. The third-order valence-corrected chi connectivity index (χ3v) is 3.36. The highest BCUT2D eigenvalue weighted by molar-refractivity contribution is 7.16. The lowest BCUT2D eigenvalue weighted by atomic mass is 10.3. The fourth-order valence-corrected chi connectivity index (χ4v) is 2.50. The number of nitrogens with zero attached hydrogens (tertiary/aromatic N) is 4. The van der Waals surface area contributed by atoms with E-state index in [1.807, 2.05) is 6.07 Å². The van der Waals surface area contributed by atoms with Gasteiger partial charge in [0.2, 0.25) is 0 Å². The van der Waals surface area contributed by atoms with Crippen LogP contribution < -0.4 is 0 Å². The van der Waals surface area contributed by atoms with Crippen LogP contribution in [0.5, 0.6) is 0 Å². The van der Waals surface area contributed by atoms with Gasteiger partial charge in [0.25, 0.3) is 11.7 Å². The highest BCUT2D eigenvalue weighted by atomic mass is 35.5. The number of hydrogen-bond acceptors (Lipinski definition) is 5. The number of nitrogens with one attached hydrogen (secondary N) is 1. The van der Waals surface area contributed by atoms with Crippen molar-refractivity contribution >= 4 is 28.8 Å². The Morgan fingerprint density at radius 2 is 2.44 bits per heavy atom. The molecule has 2 rings (SSSR count). The summed E-state index contributed by atoms with van der Waals surface area (Å²) in [7, 11) is 0. The van der Waals surface area contributed by atoms with E-state index in [0.29, 0.717) is 17.4 Å². The van der Waals surface area contributed by atoms with Gasteiger partial charge >= 0.3 is 0 Å². The summed E-state index contributed by atoms with van der Waals surface area (Å²) in [6.07, 6.45) is 1.65. The van der Waals surface area contributed by atoms with Crippen LogP contribution in [0.25, 0.3) is 0 Å². The maximum atomic E-state index is 12.1. The summed E-state index contributed by atoms with van der Waals surface area (Å²) in [5.74, 6) is -0.257. The standard InChI is InChI=1S/C10H10ClN5OS/c1-2-5-16(6-7-3-4-8(11)18-7)10(17)9-12-14-15-13-9/h2-4H,1,5-6H2,(H,12,13,14,15). The smallest absolute Gasteiger partial charge is 0.296 e. The van der Waals surface area contributed by atoms with Gasteiger partial charge < -0.3 is 4.90 Å². The molecule has 6 nitrogen and oxygen atoms in total. The van der Waals surface area contributed by atoms with Crippen molar-refractivity contribution in [1.29, 1.82) is 0 Å². The molecule has 0 fully saturated rings. The van der Waals surface area contributed by atoms with Crippen molar-refractivity contribution in [2.45, 2.75) is 6.54 Å². The molecule has 1 N–H and O–H groups in total. The van der Waals surface area contributed by atoms with Gasteiger partial charge in [-0.1, -0.05) is 17.7 Å². The average molecular weight is 284 g/mol. The Kier molecular flexibility index (Phi) is 4.06. The first-order valence-corrected chi connectivity index (χ1v) is 6.28. The fourth-order valence-electron chi connectivity index (χ4n) is 1.39. The molecule has 0 aliphatic carbocycles. The van der Waals surface area contributed by atoms with E-state index in [1.54, 1.807) is 17.0 Å². The second-order valence-electron chi connectivity index (χ2n) is 3.42. The topological polar surface area (TPSA) is 74.8 Å². The Bertz CT molecular complexity index is 538. The zero-order chi connectivity index (χ0) is 13.0. The first kappa shape index (κ1) is 12.7. The summed E-state index contributed by atoms with van der Waals surface area (Å²) in [4.78, 5) is 14.6. The molecule has 0 aromatic carbocycles. The van der Waals surface area contributed by atoms with Crippen LogP contribution in [0.15, 0.2) is 24.8 Å². The minimum Gasteiger partial charge on any atom is -0.327 e. The van der Waals surface area contributed by atoms with E-state index in [2.05, 4.69) is 27.2 Å². The predicted octanol–water partition coefficient (Wildman–Crippen LogP) is 1.74. The van der Waals surface area contributed by atoms with Crippen molar-refractivity contribution in [3.8, 4) is 0 Å². The van der Waals surface area contributed by atoms with E-state index in [-0.39, 0.29) is 11.7 Å². The minimum absolute atomic E-state index is 0.0412. The monoisotopic (exact) mass is 283 g/mol. The number of H-pyrrole nitrogens is 1. The number of halogens is 1. The number of carbonyl (C=O) groups excluding carboxylic acids is 1. The summed E-state index contributed by atoms with van der Waals surface area (Å²) in [6, 6.07) is 3.68. The summed E-state index contributed by atoms with van der Waals surface area (Å²) in [6.45, 7) is 4.48. The number of aromatic nitrogens is 4. The van der Waals surface area contributed by atoms with Gasteiger partial charge in [0.05, 0.1) is 10.9 Å². The lowest BCUT2D eigenvalue weighted by Crippen LogP contribution is -2.31. The molecule has 94 valence electrons. The zero-order valence-electron chi connectivity index (χ0n) is 9.34. The van der Waals surface area contributed by atoms with Crippen molar-refractivity contribution in [3.63, 3.8) is 0 Å². The lowest BCUT2D eigenvalue weighted by molar-refractivity contribution is 0.0752. The van der Waals surface area contributed by atoms with Crippen molar-refractivity contribution in [2.75, 3.05) is 6.54 Å². The molecule has 2 aromatic heterocycles. The summed E-state index contributed by atoms with van der Waals surface area (Å²) in [5.41, 5.74) is 0. The molecule has 18 heavy (non-hydrogen) atoms. The van der Waals surface area contributed by atoms with Gasteiger partial charge in [0.1, 0.15) is 0 Å². The molecular weight excluding hydrogens is 274 g/mol. The van der Waals surface area contributed by atoms with E-state index in [4.69, 9.17) is 11.6 Å². The van der Waals surface area contributed by atoms with E-state index >= 15 is 0 Å². The van der Waals surface area contributed by atoms with Crippen LogP contribution in [0.2, 0.25) is 4.34 Å². The molecule has 0 bridgehead atoms. The van der Waals surface area contributed by atoms with Crippen LogP contribution >= 0.6 is 22.9 Å². The normalized spacial score (nSPS) is 10.3. The Labute approximate surface area is 112 Å². The molecule has 0 saturated heterocycles. The molecule has 0 saturated carbocycles. The molecular formula is C10H10ClN5OS. The van der Waals surface area contributed by atoms with Gasteiger partial charge in [-0.15, -0.1) is 28.1 Å². The SMILES string of the molecule is C=CCN(Cc1ccc(Cl)s1)C(=O)c1nn[nH]n1. The van der Waals surface area contributed by atoms with Crippen LogP contribution in [0.4, 0.5) is 0 Å². The number of thiophene rings is 1. The maximum Gasteiger partial charge on any atom is 0.296 e. The maximum absolute atomic E-state index is 12.1. The molecule has 2 aromatic rings. The van der Waals surface area contributed by atoms with Crippen LogP contribution in [0.3, 0.4) is 0 Å². The van der Waals surface area contributed by atoms with Gasteiger partial charge in [0.15, 0.2) is 0 Å². The third-order valence-electron chi connectivity index (χ3n) is 2.15. The zero-order valence-corrected chi connectivity index (χ0v) is 10.9. The van der Waals surface area contributed by atoms with Crippen LogP contribution in [-0.4, -0.2) is 38.0 Å². The number of aromatic amines is 1. The van der Waals surface area contributed by atoms with Crippen molar-refractivity contribution in [2.24, 2.45) is 0 Å². The van der Waals surface area contributed by atoms with E-state index in [9.17, 15) is 4.79 Å². The highest BCUT2D eigenvalue weighted by Crippen LogP contribution is 2.23. The quantitative estimate of drug-likeness (QED) is 0.848. The number of carbonyl (C=O) groups is 1. The molecule has 2 heterocycles. The number of tetrazole rings is 1. The molecule has 0 atom stereocenters. The van der Waals surface area contributed by atoms with Crippen molar-refractivity contribution in [1.82, 2.24) is 25.5 Å². The highest BCUT2D eigenvalue weighted by Gasteiger charge is 2.19. The number of hydrogen-bond donors (Lipinski definition) is 1. The van der Waals surface area contributed by atoms with Crippen molar-refractivity contribution in [3.05, 3.63) is 39.8 Å². The number of rotatable bonds is 5. The molecule has 0 unspecified atom stereocenters. The van der Waals surface area contributed by atoms with Crippen LogP contribution in [0, 0.1) is 0 Å². The van der Waals surface area contributed by atoms with Gasteiger partial charge in [-0.05, 0) is 17.3 Å². The fraction of sp³-hybridized carbons (Fsp3) is 0.200. The summed E-state index contributed by atoms with van der Waals surface area (Å²) in [5, 5.41) is 13.0. The average Bonchev–Trinajstić information content (AvgIpc) is 2.99. The van der Waals surface area contributed by atoms with Gasteiger partial charge in [-0.3, -0.25) is 4.79 Å². The Morgan fingerprint density at radius 3 is 3.00 bits per heavy atom. The number of amides is 1. The third kappa shape index (κ3) is 2.93. The second kappa shape index (κ2) is 5.74. The molecule has 0 aliphatic rings. The Balaban J connectivity index is 2.13. The first-order chi connectivity index (χ1) is 8.70. The van der Waals surface area contributed by atoms with Gasteiger partial charge in [-0.2, -0.15) is 5.21 Å². The van der Waals surface area contributed by atoms with E-state index in [0.717, 1.165) is 4.88 Å². The van der Waals surface area contributed by atoms with Gasteiger partial charge in [-0.25, -0.2) is 0 Å². The Morgan fingerprint density at radius 1 is 1.61 bits per heavy atom. The van der Waals surface area contributed by atoms with Crippen molar-refractivity contribution < 1.29 is 4.79 Å². The van der Waals surface area contributed by atoms with E-state index in [1.165, 1.54) is 11.3 Å². The molecule has 0 aliphatic heterocycles. The van der Waals surface area contributed by atoms with E-state index < -0.39 is 0 Å². The van der Waals surface area contributed by atoms with Gasteiger partial charge in [0, 0.05) is 11.4 Å². The van der Waals surface area contributed by atoms with Crippen LogP contribution in [0.1, 0.15) is 15.5 Å². The summed E-state index contributed by atoms with van der Waals surface area (Å²) >= 11 is 7.28. The first-order valence-electron chi connectivity index (χ1n) is 5.08. The van der Waals surface area contributed by atoms with Crippen LogP contribution in [-0.2, 0) is 6.54 Å². The summed E-state index contributed by atoms with van der Waals surface area (Å²) < 4.78 is 0.690. The Hall–Kier alpha value is -1.73. The second-order valence-corrected chi connectivity index (χ2v) is 5.22. The lowest BCUT2D eigenvalue weighted by Gasteiger charge is -2.18. The largest absolute Gasteiger partial charge is 0.327 e.